The molecule has 0 spiro atoms. The summed E-state index contributed by atoms with van der Waals surface area (Å²) in [5.41, 5.74) is 0.940. The summed E-state index contributed by atoms with van der Waals surface area (Å²) >= 11 is 0. The van der Waals surface area contributed by atoms with Crippen molar-refractivity contribution in [2.75, 3.05) is 29.9 Å². The van der Waals surface area contributed by atoms with Crippen molar-refractivity contribution in [1.82, 2.24) is 4.98 Å². The number of nitrogens with zero attached hydrogens (tertiary/aromatic N) is 2. The number of pyridine rings is 1. The van der Waals surface area contributed by atoms with Gasteiger partial charge in [0, 0.05) is 32.3 Å². The largest absolute Gasteiger partial charge is 0.396 e. The molecule has 1 aromatic heterocycles. The molecule has 23 heavy (non-hydrogen) atoms. The Morgan fingerprint density at radius 3 is 2.70 bits per heavy atom. The highest BCUT2D eigenvalue weighted by atomic mass is 16.3. The van der Waals surface area contributed by atoms with Crippen LogP contribution in [0.1, 0.15) is 46.5 Å². The van der Waals surface area contributed by atoms with Crippen molar-refractivity contribution in [3.8, 4) is 0 Å². The summed E-state index contributed by atoms with van der Waals surface area (Å²) < 4.78 is 0. The van der Waals surface area contributed by atoms with Gasteiger partial charge in [-0.05, 0) is 42.7 Å². The highest BCUT2D eigenvalue weighted by molar-refractivity contribution is 5.93. The van der Waals surface area contributed by atoms with E-state index in [-0.39, 0.29) is 17.9 Å². The number of aliphatic hydroxyl groups is 1. The Labute approximate surface area is 139 Å². The fraction of sp³-hybridized carbons (Fsp3) is 0.667. The molecular formula is C18H29N3O2. The van der Waals surface area contributed by atoms with Gasteiger partial charge >= 0.3 is 0 Å². The highest BCUT2D eigenvalue weighted by Gasteiger charge is 2.22. The molecule has 1 aliphatic rings. The van der Waals surface area contributed by atoms with Crippen LogP contribution >= 0.6 is 0 Å². The smallest absolute Gasteiger partial charge is 0.224 e. The van der Waals surface area contributed by atoms with E-state index in [1.165, 1.54) is 0 Å². The van der Waals surface area contributed by atoms with Crippen LogP contribution in [-0.2, 0) is 4.79 Å². The lowest BCUT2D eigenvalue weighted by atomic mass is 9.90. The molecule has 1 aliphatic heterocycles. The van der Waals surface area contributed by atoms with Crippen LogP contribution in [0.25, 0.3) is 0 Å². The average molecular weight is 319 g/mol. The Bertz CT molecular complexity index is 517. The highest BCUT2D eigenvalue weighted by Crippen LogP contribution is 2.28. The molecule has 0 aromatic carbocycles. The molecule has 0 bridgehead atoms. The van der Waals surface area contributed by atoms with E-state index in [4.69, 9.17) is 0 Å². The number of amides is 1. The van der Waals surface area contributed by atoms with E-state index in [9.17, 15) is 9.90 Å². The van der Waals surface area contributed by atoms with Gasteiger partial charge in [-0.15, -0.1) is 0 Å². The lowest BCUT2D eigenvalue weighted by molar-refractivity contribution is -0.116. The Morgan fingerprint density at radius 2 is 2.09 bits per heavy atom. The van der Waals surface area contributed by atoms with E-state index >= 15 is 0 Å². The number of nitrogens with one attached hydrogen (secondary N) is 1. The zero-order valence-electron chi connectivity index (χ0n) is 14.5. The van der Waals surface area contributed by atoms with Crippen molar-refractivity contribution in [1.29, 1.82) is 0 Å². The first-order chi connectivity index (χ1) is 10.9. The molecule has 0 radical (unpaired) electrons. The SMILES string of the molecule is CC(C)(C)CCC(=O)Nc1cccnc1N1CCC(CO)CC1. The fourth-order valence-electron chi connectivity index (χ4n) is 2.78. The molecule has 128 valence electrons. The number of aliphatic hydroxyl groups excluding tert-OH is 1. The van der Waals surface area contributed by atoms with Gasteiger partial charge in [-0.1, -0.05) is 20.8 Å². The Balaban J connectivity index is 1.99. The van der Waals surface area contributed by atoms with Gasteiger partial charge < -0.3 is 15.3 Å². The minimum atomic E-state index is 0.0411. The van der Waals surface area contributed by atoms with Crippen molar-refractivity contribution in [2.45, 2.75) is 46.5 Å². The third-order valence-corrected chi connectivity index (χ3v) is 4.34. The third-order valence-electron chi connectivity index (χ3n) is 4.34. The summed E-state index contributed by atoms with van der Waals surface area (Å²) in [5.74, 6) is 1.27. The zero-order chi connectivity index (χ0) is 16.9. The second-order valence-corrected chi connectivity index (χ2v) is 7.60. The van der Waals surface area contributed by atoms with Crippen molar-refractivity contribution >= 4 is 17.4 Å². The maximum absolute atomic E-state index is 12.2. The van der Waals surface area contributed by atoms with E-state index in [2.05, 4.69) is 36.0 Å². The predicted octanol–water partition coefficient (Wildman–Crippen LogP) is 3.06. The summed E-state index contributed by atoms with van der Waals surface area (Å²) in [6, 6.07) is 3.76. The maximum atomic E-state index is 12.2. The van der Waals surface area contributed by atoms with E-state index in [1.54, 1.807) is 6.20 Å². The lowest BCUT2D eigenvalue weighted by Gasteiger charge is -2.33. The van der Waals surface area contributed by atoms with Gasteiger partial charge in [0.05, 0.1) is 5.69 Å². The van der Waals surface area contributed by atoms with E-state index in [0.29, 0.717) is 12.3 Å². The molecule has 0 unspecified atom stereocenters. The molecule has 2 N–H and O–H groups in total. The van der Waals surface area contributed by atoms with Crippen LogP contribution < -0.4 is 10.2 Å². The van der Waals surface area contributed by atoms with Gasteiger partial charge in [0.1, 0.15) is 0 Å². The lowest BCUT2D eigenvalue weighted by Crippen LogP contribution is -2.36. The molecule has 0 saturated carbocycles. The van der Waals surface area contributed by atoms with Crippen LogP contribution in [-0.4, -0.2) is 35.7 Å². The van der Waals surface area contributed by atoms with Crippen molar-refractivity contribution in [3.63, 3.8) is 0 Å². The third kappa shape index (κ3) is 5.50. The number of piperidine rings is 1. The zero-order valence-corrected chi connectivity index (χ0v) is 14.5. The number of hydrogen-bond acceptors (Lipinski definition) is 4. The van der Waals surface area contributed by atoms with E-state index in [0.717, 1.165) is 43.9 Å². The Kier molecular flexibility index (Phi) is 5.99. The molecule has 1 aromatic rings. The van der Waals surface area contributed by atoms with Crippen LogP contribution in [0.4, 0.5) is 11.5 Å². The molecule has 0 atom stereocenters. The molecule has 1 amide bonds. The maximum Gasteiger partial charge on any atom is 0.224 e. The number of anilines is 2. The first kappa shape index (κ1) is 17.7. The topological polar surface area (TPSA) is 65.5 Å². The van der Waals surface area contributed by atoms with Gasteiger partial charge in [-0.2, -0.15) is 0 Å². The Morgan fingerprint density at radius 1 is 1.39 bits per heavy atom. The van der Waals surface area contributed by atoms with Gasteiger partial charge in [-0.25, -0.2) is 4.98 Å². The second-order valence-electron chi connectivity index (χ2n) is 7.60. The van der Waals surface area contributed by atoms with Crippen LogP contribution in [0.3, 0.4) is 0 Å². The predicted molar refractivity (Wildman–Crippen MR) is 93.6 cm³/mol. The molecule has 5 nitrogen and oxygen atoms in total. The number of carbonyl (C=O) groups is 1. The minimum absolute atomic E-state index is 0.0411. The Hall–Kier alpha value is -1.62. The average Bonchev–Trinajstić information content (AvgIpc) is 2.53. The molecule has 0 aliphatic carbocycles. The van der Waals surface area contributed by atoms with Crippen LogP contribution in [0.5, 0.6) is 0 Å². The fourth-order valence-corrected chi connectivity index (χ4v) is 2.78. The van der Waals surface area contributed by atoms with E-state index in [1.807, 2.05) is 12.1 Å². The summed E-state index contributed by atoms with van der Waals surface area (Å²) in [5, 5.41) is 12.3. The van der Waals surface area contributed by atoms with Gasteiger partial charge in [0.15, 0.2) is 5.82 Å². The van der Waals surface area contributed by atoms with E-state index < -0.39 is 0 Å². The monoisotopic (exact) mass is 319 g/mol. The van der Waals surface area contributed by atoms with Crippen LogP contribution in [0.2, 0.25) is 0 Å². The number of carbonyl (C=O) groups excluding carboxylic acids is 1. The molecule has 1 saturated heterocycles. The summed E-state index contributed by atoms with van der Waals surface area (Å²) in [4.78, 5) is 18.9. The van der Waals surface area contributed by atoms with Crippen LogP contribution in [0, 0.1) is 11.3 Å². The van der Waals surface area contributed by atoms with Gasteiger partial charge in [0.25, 0.3) is 0 Å². The minimum Gasteiger partial charge on any atom is -0.396 e. The first-order valence-corrected chi connectivity index (χ1v) is 8.50. The quantitative estimate of drug-likeness (QED) is 0.875. The van der Waals surface area contributed by atoms with Gasteiger partial charge in [-0.3, -0.25) is 4.79 Å². The van der Waals surface area contributed by atoms with Crippen LogP contribution in [0.15, 0.2) is 18.3 Å². The molecule has 5 heteroatoms. The van der Waals surface area contributed by atoms with Crippen molar-refractivity contribution in [3.05, 3.63) is 18.3 Å². The molecule has 2 heterocycles. The number of hydrogen-bond donors (Lipinski definition) is 2. The summed E-state index contributed by atoms with van der Waals surface area (Å²) in [7, 11) is 0. The number of aromatic nitrogens is 1. The normalized spacial score (nSPS) is 16.4. The van der Waals surface area contributed by atoms with Crippen molar-refractivity contribution in [2.24, 2.45) is 11.3 Å². The summed E-state index contributed by atoms with van der Waals surface area (Å²) in [6.45, 7) is 8.41. The van der Waals surface area contributed by atoms with Crippen molar-refractivity contribution < 1.29 is 9.90 Å². The first-order valence-electron chi connectivity index (χ1n) is 8.50. The molecule has 1 fully saturated rings. The van der Waals surface area contributed by atoms with Gasteiger partial charge in [0.2, 0.25) is 5.91 Å². The second kappa shape index (κ2) is 7.77. The molecular weight excluding hydrogens is 290 g/mol. The molecule has 2 rings (SSSR count). The summed E-state index contributed by atoms with van der Waals surface area (Å²) in [6.07, 6.45) is 5.06. The number of rotatable bonds is 5. The standard InChI is InChI=1S/C18H29N3O2/c1-18(2,3)9-6-16(23)20-15-5-4-10-19-17(15)21-11-7-14(13-22)8-12-21/h4-5,10,14,22H,6-9,11-13H2,1-3H3,(H,20,23).